The fourth-order valence-electron chi connectivity index (χ4n) is 4.58. The number of aromatic nitrogens is 2. The summed E-state index contributed by atoms with van der Waals surface area (Å²) >= 11 is 5.96. The molecule has 1 amide bonds. The van der Waals surface area contributed by atoms with Crippen LogP contribution in [-0.4, -0.2) is 32.9 Å². The van der Waals surface area contributed by atoms with Crippen LogP contribution < -0.4 is 0 Å². The Bertz CT molecular complexity index is 1030. The van der Waals surface area contributed by atoms with Crippen molar-refractivity contribution in [3.8, 4) is 0 Å². The lowest BCUT2D eigenvalue weighted by atomic mass is 9.91. The number of benzene rings is 2. The van der Waals surface area contributed by atoms with Crippen molar-refractivity contribution in [2.75, 3.05) is 7.05 Å². The zero-order chi connectivity index (χ0) is 22.5. The van der Waals surface area contributed by atoms with Crippen molar-refractivity contribution >= 4 is 17.5 Å². The highest BCUT2D eigenvalue weighted by Crippen LogP contribution is 2.40. The Balaban J connectivity index is 1.31. The van der Waals surface area contributed by atoms with E-state index in [1.807, 2.05) is 48.5 Å². The van der Waals surface area contributed by atoms with E-state index in [1.165, 1.54) is 5.56 Å². The highest BCUT2D eigenvalue weighted by molar-refractivity contribution is 6.30. The maximum atomic E-state index is 12.7. The lowest BCUT2D eigenvalue weighted by Gasteiger charge is -2.19. The normalized spacial score (nSPS) is 19.0. The summed E-state index contributed by atoms with van der Waals surface area (Å²) in [6.07, 6.45) is 8.58. The van der Waals surface area contributed by atoms with Gasteiger partial charge in [-0.15, -0.1) is 0 Å². The van der Waals surface area contributed by atoms with E-state index in [4.69, 9.17) is 11.6 Å². The molecule has 0 saturated heterocycles. The highest BCUT2D eigenvalue weighted by atomic mass is 35.5. The topological polar surface area (TPSA) is 66.3 Å². The largest absolute Gasteiger partial charge is 0.388 e. The fraction of sp³-hybridized carbons (Fsp3) is 0.346. The van der Waals surface area contributed by atoms with Gasteiger partial charge in [-0.25, -0.2) is 0 Å². The van der Waals surface area contributed by atoms with Crippen LogP contribution in [-0.2, 0) is 13.0 Å². The minimum absolute atomic E-state index is 0.0331. The van der Waals surface area contributed by atoms with Crippen LogP contribution in [0.4, 0.5) is 0 Å². The summed E-state index contributed by atoms with van der Waals surface area (Å²) < 4.78 is 0. The summed E-state index contributed by atoms with van der Waals surface area (Å²) in [6, 6.07) is 15.4. The van der Waals surface area contributed by atoms with Crippen LogP contribution in [0.25, 0.3) is 0 Å². The molecule has 0 aliphatic heterocycles. The van der Waals surface area contributed by atoms with Gasteiger partial charge >= 0.3 is 0 Å². The first-order chi connectivity index (χ1) is 15.5. The first-order valence-corrected chi connectivity index (χ1v) is 11.4. The molecule has 0 bridgehead atoms. The van der Waals surface area contributed by atoms with E-state index < -0.39 is 6.10 Å². The predicted octanol–water partition coefficient (Wildman–Crippen LogP) is 5.09. The van der Waals surface area contributed by atoms with Gasteiger partial charge in [0.2, 0.25) is 0 Å². The van der Waals surface area contributed by atoms with Crippen LogP contribution in [0.15, 0.2) is 67.1 Å². The van der Waals surface area contributed by atoms with E-state index in [9.17, 15) is 9.90 Å². The molecule has 4 rings (SSSR count). The maximum Gasteiger partial charge on any atom is 0.253 e. The number of hydrogen-bond donors (Lipinski definition) is 1. The number of hydrogen-bond acceptors (Lipinski definition) is 4. The van der Waals surface area contributed by atoms with Crippen LogP contribution in [0.3, 0.4) is 0 Å². The second kappa shape index (κ2) is 10.2. The summed E-state index contributed by atoms with van der Waals surface area (Å²) in [5, 5.41) is 11.4. The van der Waals surface area contributed by atoms with Gasteiger partial charge in [-0.2, -0.15) is 0 Å². The van der Waals surface area contributed by atoms with Gasteiger partial charge in [0.25, 0.3) is 5.91 Å². The van der Waals surface area contributed by atoms with E-state index in [2.05, 4.69) is 9.97 Å². The fourth-order valence-corrected chi connectivity index (χ4v) is 4.71. The van der Waals surface area contributed by atoms with E-state index in [1.54, 1.807) is 30.5 Å². The molecule has 2 aromatic carbocycles. The van der Waals surface area contributed by atoms with Crippen molar-refractivity contribution in [1.82, 2.24) is 14.9 Å². The zero-order valence-electron chi connectivity index (χ0n) is 18.2. The third kappa shape index (κ3) is 5.53. The third-order valence-electron chi connectivity index (χ3n) is 6.33. The van der Waals surface area contributed by atoms with Crippen molar-refractivity contribution in [3.63, 3.8) is 0 Å². The Morgan fingerprint density at radius 1 is 1.12 bits per heavy atom. The summed E-state index contributed by atoms with van der Waals surface area (Å²) in [6.45, 7) is 0.424. The van der Waals surface area contributed by atoms with Crippen molar-refractivity contribution in [2.24, 2.45) is 11.8 Å². The molecule has 1 fully saturated rings. The molecule has 1 N–H and O–H groups in total. The minimum Gasteiger partial charge on any atom is -0.388 e. The van der Waals surface area contributed by atoms with Crippen LogP contribution in [0.2, 0.25) is 5.02 Å². The Morgan fingerprint density at radius 2 is 1.88 bits per heavy atom. The second-order valence-corrected chi connectivity index (χ2v) is 9.13. The minimum atomic E-state index is -0.442. The molecule has 3 aromatic rings. The molecular weight excluding hydrogens is 422 g/mol. The average Bonchev–Trinajstić information content (AvgIpc) is 3.28. The van der Waals surface area contributed by atoms with Gasteiger partial charge in [0.1, 0.15) is 0 Å². The van der Waals surface area contributed by atoms with Crippen molar-refractivity contribution in [2.45, 2.75) is 38.3 Å². The molecule has 0 unspecified atom stereocenters. The van der Waals surface area contributed by atoms with Crippen molar-refractivity contribution in [1.29, 1.82) is 0 Å². The molecule has 0 spiro atoms. The number of halogens is 1. The highest BCUT2D eigenvalue weighted by Gasteiger charge is 2.30. The summed E-state index contributed by atoms with van der Waals surface area (Å²) in [5.41, 5.74) is 3.59. The molecule has 6 heteroatoms. The molecule has 166 valence electrons. The standard InChI is InChI=1S/C26H28ClN3O2/c1-30(17-24-16-28-12-13-29-24)26(32)21-5-2-18(3-6-21)14-19-4-7-22(15-19)25(31)20-8-10-23(27)11-9-20/h2-3,5-6,8-13,16,19,22,25,31H,4,7,14-15,17H2,1H3/t19-,22-,25+/m0/s1. The number of amides is 1. The number of carbonyl (C=O) groups is 1. The molecule has 1 aliphatic carbocycles. The molecule has 0 radical (unpaired) electrons. The predicted molar refractivity (Wildman–Crippen MR) is 125 cm³/mol. The van der Waals surface area contributed by atoms with E-state index in [0.29, 0.717) is 23.0 Å². The maximum absolute atomic E-state index is 12.7. The quantitative estimate of drug-likeness (QED) is 0.545. The van der Waals surface area contributed by atoms with Crippen LogP contribution in [0.5, 0.6) is 0 Å². The molecule has 5 nitrogen and oxygen atoms in total. The van der Waals surface area contributed by atoms with Gasteiger partial charge in [-0.1, -0.05) is 35.9 Å². The second-order valence-electron chi connectivity index (χ2n) is 8.69. The van der Waals surface area contributed by atoms with Gasteiger partial charge < -0.3 is 10.0 Å². The Labute approximate surface area is 194 Å². The van der Waals surface area contributed by atoms with Crippen molar-refractivity contribution < 1.29 is 9.90 Å². The van der Waals surface area contributed by atoms with E-state index >= 15 is 0 Å². The molecule has 32 heavy (non-hydrogen) atoms. The lowest BCUT2D eigenvalue weighted by molar-refractivity contribution is 0.0783. The molecule has 1 aromatic heterocycles. The molecule has 3 atom stereocenters. The molecule has 1 heterocycles. The van der Waals surface area contributed by atoms with Gasteiger partial charge in [0.05, 0.1) is 24.5 Å². The number of aliphatic hydroxyl groups excluding tert-OH is 1. The Kier molecular flexibility index (Phi) is 7.18. The van der Waals surface area contributed by atoms with Gasteiger partial charge in [-0.3, -0.25) is 14.8 Å². The molecule has 1 saturated carbocycles. The number of nitrogens with zero attached hydrogens (tertiary/aromatic N) is 3. The average molecular weight is 450 g/mol. The first-order valence-electron chi connectivity index (χ1n) is 11.0. The van der Waals surface area contributed by atoms with Crippen LogP contribution in [0, 0.1) is 11.8 Å². The lowest BCUT2D eigenvalue weighted by Crippen LogP contribution is -2.26. The van der Waals surface area contributed by atoms with Crippen molar-refractivity contribution in [3.05, 3.63) is 94.5 Å². The Morgan fingerprint density at radius 3 is 2.56 bits per heavy atom. The molecule has 1 aliphatic rings. The smallest absolute Gasteiger partial charge is 0.253 e. The first kappa shape index (κ1) is 22.4. The SMILES string of the molecule is CN(Cc1cnccn1)C(=O)c1ccc(C[C@@H]2CC[C@H]([C@H](O)c3ccc(Cl)cc3)C2)cc1. The monoisotopic (exact) mass is 449 g/mol. The zero-order valence-corrected chi connectivity index (χ0v) is 18.9. The van der Waals surface area contributed by atoms with Gasteiger partial charge in [-0.05, 0) is 72.9 Å². The van der Waals surface area contributed by atoms with E-state index in [-0.39, 0.29) is 11.8 Å². The van der Waals surface area contributed by atoms with E-state index in [0.717, 1.165) is 36.9 Å². The Hall–Kier alpha value is -2.76. The van der Waals surface area contributed by atoms with Crippen LogP contribution in [0.1, 0.15) is 52.5 Å². The number of carbonyl (C=O) groups excluding carboxylic acids is 1. The van der Waals surface area contributed by atoms with Gasteiger partial charge in [0, 0.05) is 30.0 Å². The molecular formula is C26H28ClN3O2. The third-order valence-corrected chi connectivity index (χ3v) is 6.58. The van der Waals surface area contributed by atoms with Crippen LogP contribution >= 0.6 is 11.6 Å². The van der Waals surface area contributed by atoms with Gasteiger partial charge in [0.15, 0.2) is 0 Å². The summed E-state index contributed by atoms with van der Waals surface area (Å²) in [4.78, 5) is 22.6. The number of aliphatic hydroxyl groups is 1. The summed E-state index contributed by atoms with van der Waals surface area (Å²) in [5.74, 6) is 0.786. The number of rotatable bonds is 7. The summed E-state index contributed by atoms with van der Waals surface area (Å²) in [7, 11) is 1.77.